The number of hydrogen-bond donors (Lipinski definition) is 3. The van der Waals surface area contributed by atoms with E-state index >= 15 is 0 Å². The molecule has 9 nitrogen and oxygen atoms in total. The van der Waals surface area contributed by atoms with E-state index in [0.29, 0.717) is 5.52 Å². The predicted octanol–water partition coefficient (Wildman–Crippen LogP) is -0.313. The van der Waals surface area contributed by atoms with Crippen LogP contribution in [-0.4, -0.2) is 49.4 Å². The van der Waals surface area contributed by atoms with E-state index in [0.717, 1.165) is 5.39 Å². The van der Waals surface area contributed by atoms with E-state index in [9.17, 15) is 14.7 Å². The Kier molecular flexibility index (Phi) is 4.43. The van der Waals surface area contributed by atoms with E-state index in [1.54, 1.807) is 18.2 Å². The first-order valence-corrected chi connectivity index (χ1v) is 7.10. The first kappa shape index (κ1) is 15.6. The van der Waals surface area contributed by atoms with Gasteiger partial charge in [-0.15, -0.1) is 10.2 Å². The highest BCUT2D eigenvalue weighted by Gasteiger charge is 2.21. The third kappa shape index (κ3) is 3.36. The molecule has 3 aromatic rings. The van der Waals surface area contributed by atoms with Crippen molar-refractivity contribution in [1.82, 2.24) is 25.2 Å². The van der Waals surface area contributed by atoms with Crippen molar-refractivity contribution in [3.8, 4) is 0 Å². The highest BCUT2D eigenvalue weighted by Crippen LogP contribution is 2.11. The number of carbonyl (C=O) groups is 2. The van der Waals surface area contributed by atoms with Crippen molar-refractivity contribution in [2.45, 2.75) is 6.04 Å². The van der Waals surface area contributed by atoms with Gasteiger partial charge in [0.05, 0.1) is 12.1 Å². The van der Waals surface area contributed by atoms with Gasteiger partial charge >= 0.3 is 0 Å². The second-order valence-corrected chi connectivity index (χ2v) is 4.94. The van der Waals surface area contributed by atoms with Crippen molar-refractivity contribution in [1.29, 1.82) is 0 Å². The Morgan fingerprint density at radius 2 is 1.88 bits per heavy atom. The van der Waals surface area contributed by atoms with Crippen LogP contribution in [0, 0.1) is 0 Å². The second kappa shape index (κ2) is 6.84. The number of hydrogen-bond acceptors (Lipinski definition) is 6. The summed E-state index contributed by atoms with van der Waals surface area (Å²) >= 11 is 0. The smallest absolute Gasteiger partial charge is 0.270 e. The number of carbonyl (C=O) groups excluding carboxylic acids is 2. The fourth-order valence-corrected chi connectivity index (χ4v) is 2.08. The molecule has 0 aliphatic rings. The van der Waals surface area contributed by atoms with E-state index in [1.165, 1.54) is 17.3 Å². The van der Waals surface area contributed by atoms with Crippen LogP contribution < -0.4 is 10.7 Å². The van der Waals surface area contributed by atoms with Gasteiger partial charge in [-0.1, -0.05) is 24.3 Å². The molecule has 1 atom stereocenters. The highest BCUT2D eigenvalue weighted by atomic mass is 16.3. The van der Waals surface area contributed by atoms with Crippen molar-refractivity contribution >= 4 is 22.7 Å². The Balaban J connectivity index is 1.72. The molecule has 122 valence electrons. The molecule has 0 saturated heterocycles. The lowest BCUT2D eigenvalue weighted by molar-refractivity contribution is -0.119. The van der Waals surface area contributed by atoms with Crippen LogP contribution in [0.25, 0.3) is 10.9 Å². The molecular formula is C15H14N6O3. The maximum atomic E-state index is 12.3. The lowest BCUT2D eigenvalue weighted by Gasteiger charge is -2.16. The van der Waals surface area contributed by atoms with E-state index in [1.807, 2.05) is 18.2 Å². The van der Waals surface area contributed by atoms with Gasteiger partial charge in [0.15, 0.2) is 0 Å². The zero-order valence-electron chi connectivity index (χ0n) is 12.5. The molecule has 0 spiro atoms. The van der Waals surface area contributed by atoms with Crippen LogP contribution in [0.5, 0.6) is 0 Å². The molecule has 2 aromatic heterocycles. The Morgan fingerprint density at radius 1 is 1.12 bits per heavy atom. The average molecular weight is 326 g/mol. The van der Waals surface area contributed by atoms with Crippen LogP contribution in [0.15, 0.2) is 49.1 Å². The van der Waals surface area contributed by atoms with Crippen LogP contribution in [0.2, 0.25) is 0 Å². The number of para-hydroxylation sites is 1. The van der Waals surface area contributed by atoms with Crippen LogP contribution in [0.1, 0.15) is 10.5 Å². The maximum absolute atomic E-state index is 12.3. The summed E-state index contributed by atoms with van der Waals surface area (Å²) in [6, 6.07) is 9.56. The molecule has 2 heterocycles. The summed E-state index contributed by atoms with van der Waals surface area (Å²) in [5.41, 5.74) is 3.24. The molecule has 3 rings (SSSR count). The number of nitrogens with zero attached hydrogens (tertiary/aromatic N) is 4. The number of amides is 2. The van der Waals surface area contributed by atoms with Crippen molar-refractivity contribution < 1.29 is 14.7 Å². The summed E-state index contributed by atoms with van der Waals surface area (Å²) < 4.78 is 1.21. The minimum Gasteiger partial charge on any atom is -0.394 e. The summed E-state index contributed by atoms with van der Waals surface area (Å²) in [6.45, 7) is -0.562. The molecule has 0 radical (unpaired) electrons. The Morgan fingerprint density at radius 3 is 2.62 bits per heavy atom. The Hall–Kier alpha value is -3.33. The Bertz CT molecular complexity index is 865. The largest absolute Gasteiger partial charge is 0.394 e. The molecule has 3 N–H and O–H groups in total. The zero-order valence-corrected chi connectivity index (χ0v) is 12.5. The number of fused-ring (bicyclic) bond motifs is 1. The first-order valence-electron chi connectivity index (χ1n) is 7.10. The van der Waals surface area contributed by atoms with Gasteiger partial charge in [-0.25, -0.2) is 9.66 Å². The lowest BCUT2D eigenvalue weighted by Crippen LogP contribution is -2.48. The van der Waals surface area contributed by atoms with Gasteiger partial charge in [-0.3, -0.25) is 15.0 Å². The molecule has 2 amide bonds. The highest BCUT2D eigenvalue weighted by molar-refractivity contribution is 5.99. The Labute approximate surface area is 136 Å². The maximum Gasteiger partial charge on any atom is 0.270 e. The van der Waals surface area contributed by atoms with Crippen molar-refractivity contribution in [3.05, 3.63) is 54.7 Å². The normalized spacial score (nSPS) is 11.9. The monoisotopic (exact) mass is 326 g/mol. The molecule has 1 aromatic carbocycles. The van der Waals surface area contributed by atoms with Crippen LogP contribution >= 0.6 is 0 Å². The van der Waals surface area contributed by atoms with Crippen molar-refractivity contribution in [2.24, 2.45) is 0 Å². The molecule has 24 heavy (non-hydrogen) atoms. The third-order valence-corrected chi connectivity index (χ3v) is 3.29. The number of nitrogens with one attached hydrogen (secondary N) is 2. The summed E-state index contributed by atoms with van der Waals surface area (Å²) in [7, 11) is 0. The molecule has 0 unspecified atom stereocenters. The predicted molar refractivity (Wildman–Crippen MR) is 84.5 cm³/mol. The van der Waals surface area contributed by atoms with Crippen molar-refractivity contribution in [3.63, 3.8) is 0 Å². The average Bonchev–Trinajstić information content (AvgIpc) is 3.11. The summed E-state index contributed by atoms with van der Waals surface area (Å²) in [5, 5.41) is 19.8. The molecule has 0 aliphatic carbocycles. The fourth-order valence-electron chi connectivity index (χ4n) is 2.08. The molecule has 0 aliphatic heterocycles. The first-order chi connectivity index (χ1) is 11.7. The zero-order chi connectivity index (χ0) is 16.9. The number of aromatic nitrogens is 4. The summed E-state index contributed by atoms with van der Waals surface area (Å²) in [5.74, 6) is -1.16. The van der Waals surface area contributed by atoms with Gasteiger partial charge in [-0.05, 0) is 12.1 Å². The minimum atomic E-state index is -1.13. The van der Waals surface area contributed by atoms with Gasteiger partial charge in [0.2, 0.25) is 0 Å². The summed E-state index contributed by atoms with van der Waals surface area (Å²) in [4.78, 5) is 28.6. The van der Waals surface area contributed by atoms with Crippen LogP contribution in [0.4, 0.5) is 0 Å². The van der Waals surface area contributed by atoms with Gasteiger partial charge in [0, 0.05) is 5.39 Å². The lowest BCUT2D eigenvalue weighted by atomic mass is 10.2. The number of aliphatic hydroxyl groups is 1. The molecule has 0 bridgehead atoms. The van der Waals surface area contributed by atoms with Gasteiger partial charge < -0.3 is 10.4 Å². The quantitative estimate of drug-likeness (QED) is 0.591. The number of benzene rings is 1. The second-order valence-electron chi connectivity index (χ2n) is 4.94. The van der Waals surface area contributed by atoms with Gasteiger partial charge in [0.1, 0.15) is 24.4 Å². The van der Waals surface area contributed by atoms with E-state index in [2.05, 4.69) is 25.9 Å². The van der Waals surface area contributed by atoms with E-state index in [-0.39, 0.29) is 5.69 Å². The van der Waals surface area contributed by atoms with Crippen molar-refractivity contribution in [2.75, 3.05) is 12.0 Å². The summed E-state index contributed by atoms with van der Waals surface area (Å²) in [6.07, 6.45) is 2.55. The number of rotatable bonds is 5. The number of aliphatic hydroxyl groups excluding tert-OH is 1. The van der Waals surface area contributed by atoms with Crippen LogP contribution in [0.3, 0.4) is 0 Å². The van der Waals surface area contributed by atoms with E-state index < -0.39 is 24.5 Å². The molecule has 0 fully saturated rings. The van der Waals surface area contributed by atoms with Gasteiger partial charge in [0.25, 0.3) is 11.8 Å². The standard InChI is InChI=1S/C15H14N6O3/c22-7-13(15(24)20-21-8-16-17-9-21)19-14(23)12-6-5-10-3-1-2-4-11(10)18-12/h1-6,8-9,13,22H,7H2,(H,19,23)(H,20,24)/t13-/m0/s1. The molecule has 9 heteroatoms. The SMILES string of the molecule is O=C(N[C@@H](CO)C(=O)Nn1cnnc1)c1ccc2ccccc2n1. The van der Waals surface area contributed by atoms with Crippen LogP contribution in [-0.2, 0) is 4.79 Å². The van der Waals surface area contributed by atoms with E-state index in [4.69, 9.17) is 0 Å². The van der Waals surface area contributed by atoms with Gasteiger partial charge in [-0.2, -0.15) is 0 Å². The topological polar surface area (TPSA) is 122 Å². The molecule has 0 saturated carbocycles. The minimum absolute atomic E-state index is 0.157. The molecular weight excluding hydrogens is 312 g/mol. The third-order valence-electron chi connectivity index (χ3n) is 3.29. The number of pyridine rings is 1. The fraction of sp³-hybridized carbons (Fsp3) is 0.133.